The summed E-state index contributed by atoms with van der Waals surface area (Å²) >= 11 is 0. The Bertz CT molecular complexity index is 286. The summed E-state index contributed by atoms with van der Waals surface area (Å²) in [6.45, 7) is 3.90. The highest BCUT2D eigenvalue weighted by Gasteiger charge is 2.20. The molecule has 14 heavy (non-hydrogen) atoms. The molecule has 0 saturated carbocycles. The Kier molecular flexibility index (Phi) is 3.30. The number of nitrogens with two attached hydrogens (primary N) is 1. The van der Waals surface area contributed by atoms with Gasteiger partial charge in [-0.25, -0.2) is 0 Å². The van der Waals surface area contributed by atoms with Gasteiger partial charge >= 0.3 is 0 Å². The van der Waals surface area contributed by atoms with Crippen LogP contribution in [0.4, 0.5) is 0 Å². The molecule has 0 saturated heterocycles. The number of carbonyl (C=O) groups is 1. The Labute approximate surface area is 83.5 Å². The molecule has 0 spiro atoms. The predicted octanol–water partition coefficient (Wildman–Crippen LogP) is 0.676. The molecule has 0 atom stereocenters. The molecule has 4 nitrogen and oxygen atoms in total. The van der Waals surface area contributed by atoms with Crippen molar-refractivity contribution in [1.82, 2.24) is 5.32 Å². The number of nitrogens with one attached hydrogen (secondary N) is 1. The van der Waals surface area contributed by atoms with Gasteiger partial charge in [0.25, 0.3) is 0 Å². The van der Waals surface area contributed by atoms with Crippen LogP contribution in [-0.4, -0.2) is 18.0 Å². The first-order valence-electron chi connectivity index (χ1n) is 4.60. The first-order valence-corrected chi connectivity index (χ1v) is 4.60. The Morgan fingerprint density at radius 2 is 2.36 bits per heavy atom. The third-order valence-corrected chi connectivity index (χ3v) is 1.82. The highest BCUT2D eigenvalue weighted by molar-refractivity contribution is 5.84. The van der Waals surface area contributed by atoms with Crippen molar-refractivity contribution in [2.75, 3.05) is 6.54 Å². The van der Waals surface area contributed by atoms with E-state index < -0.39 is 5.54 Å². The highest BCUT2D eigenvalue weighted by Crippen LogP contribution is 2.00. The van der Waals surface area contributed by atoms with Crippen molar-refractivity contribution in [2.24, 2.45) is 5.73 Å². The van der Waals surface area contributed by atoms with Crippen molar-refractivity contribution in [2.45, 2.75) is 25.8 Å². The van der Waals surface area contributed by atoms with Crippen LogP contribution in [-0.2, 0) is 11.2 Å². The van der Waals surface area contributed by atoms with Crippen LogP contribution in [0.5, 0.6) is 0 Å². The van der Waals surface area contributed by atoms with Crippen LogP contribution in [0.2, 0.25) is 0 Å². The van der Waals surface area contributed by atoms with E-state index in [9.17, 15) is 4.79 Å². The second kappa shape index (κ2) is 4.28. The van der Waals surface area contributed by atoms with Crippen molar-refractivity contribution in [3.63, 3.8) is 0 Å². The van der Waals surface area contributed by atoms with E-state index in [1.807, 2.05) is 12.1 Å². The van der Waals surface area contributed by atoms with Crippen LogP contribution in [0.1, 0.15) is 19.6 Å². The average molecular weight is 196 g/mol. The molecule has 1 rings (SSSR count). The second-order valence-electron chi connectivity index (χ2n) is 3.81. The number of amides is 1. The molecule has 0 radical (unpaired) electrons. The van der Waals surface area contributed by atoms with Crippen LogP contribution in [0.15, 0.2) is 22.8 Å². The molecule has 4 heteroatoms. The summed E-state index contributed by atoms with van der Waals surface area (Å²) in [4.78, 5) is 11.3. The van der Waals surface area contributed by atoms with Crippen LogP contribution in [0.3, 0.4) is 0 Å². The number of rotatable bonds is 4. The number of carbonyl (C=O) groups excluding carboxylic acids is 1. The smallest absolute Gasteiger partial charge is 0.239 e. The van der Waals surface area contributed by atoms with Crippen molar-refractivity contribution in [1.29, 1.82) is 0 Å². The Balaban J connectivity index is 2.26. The first kappa shape index (κ1) is 10.8. The molecule has 1 heterocycles. The largest absolute Gasteiger partial charge is 0.469 e. The quantitative estimate of drug-likeness (QED) is 0.744. The zero-order chi connectivity index (χ0) is 10.6. The number of furan rings is 1. The second-order valence-corrected chi connectivity index (χ2v) is 3.81. The zero-order valence-corrected chi connectivity index (χ0v) is 8.54. The molecule has 0 bridgehead atoms. The summed E-state index contributed by atoms with van der Waals surface area (Å²) in [6, 6.07) is 3.70. The van der Waals surface area contributed by atoms with Gasteiger partial charge in [0, 0.05) is 13.0 Å². The van der Waals surface area contributed by atoms with Crippen molar-refractivity contribution in [3.05, 3.63) is 24.2 Å². The predicted molar refractivity (Wildman–Crippen MR) is 53.7 cm³/mol. The lowest BCUT2D eigenvalue weighted by Crippen LogP contribution is -2.49. The molecule has 1 aromatic heterocycles. The van der Waals surface area contributed by atoms with Crippen molar-refractivity contribution >= 4 is 5.91 Å². The molecule has 0 aromatic carbocycles. The van der Waals surface area contributed by atoms with Gasteiger partial charge in [0.05, 0.1) is 11.8 Å². The molecule has 0 aliphatic heterocycles. The van der Waals surface area contributed by atoms with Gasteiger partial charge in [-0.3, -0.25) is 4.79 Å². The van der Waals surface area contributed by atoms with Crippen LogP contribution >= 0.6 is 0 Å². The molecule has 78 valence electrons. The van der Waals surface area contributed by atoms with E-state index in [0.29, 0.717) is 13.0 Å². The number of hydrogen-bond acceptors (Lipinski definition) is 3. The van der Waals surface area contributed by atoms with Gasteiger partial charge in [0.1, 0.15) is 5.76 Å². The van der Waals surface area contributed by atoms with Crippen molar-refractivity contribution in [3.8, 4) is 0 Å². The van der Waals surface area contributed by atoms with E-state index >= 15 is 0 Å². The van der Waals surface area contributed by atoms with E-state index in [1.165, 1.54) is 0 Å². The zero-order valence-electron chi connectivity index (χ0n) is 8.54. The van der Waals surface area contributed by atoms with E-state index in [0.717, 1.165) is 5.76 Å². The molecular formula is C10H16N2O2. The van der Waals surface area contributed by atoms with E-state index in [2.05, 4.69) is 5.32 Å². The minimum atomic E-state index is -0.816. The Morgan fingerprint density at radius 3 is 2.86 bits per heavy atom. The fourth-order valence-corrected chi connectivity index (χ4v) is 0.982. The van der Waals surface area contributed by atoms with Crippen LogP contribution in [0.25, 0.3) is 0 Å². The minimum Gasteiger partial charge on any atom is -0.469 e. The molecule has 0 aliphatic carbocycles. The lowest BCUT2D eigenvalue weighted by molar-refractivity contribution is -0.125. The van der Waals surface area contributed by atoms with Gasteiger partial charge in [-0.2, -0.15) is 0 Å². The van der Waals surface area contributed by atoms with E-state index in [4.69, 9.17) is 10.2 Å². The van der Waals surface area contributed by atoms with E-state index in [1.54, 1.807) is 20.1 Å². The van der Waals surface area contributed by atoms with Crippen molar-refractivity contribution < 1.29 is 9.21 Å². The standard InChI is InChI=1S/C10H16N2O2/c1-10(2,11)9(13)12-6-5-8-4-3-7-14-8/h3-4,7H,5-6,11H2,1-2H3,(H,12,13). The van der Waals surface area contributed by atoms with Gasteiger partial charge in [-0.15, -0.1) is 0 Å². The summed E-state index contributed by atoms with van der Waals surface area (Å²) in [7, 11) is 0. The number of hydrogen-bond donors (Lipinski definition) is 2. The summed E-state index contributed by atoms with van der Waals surface area (Å²) < 4.78 is 5.12. The summed E-state index contributed by atoms with van der Waals surface area (Å²) in [5.41, 5.74) is 4.79. The Morgan fingerprint density at radius 1 is 1.64 bits per heavy atom. The van der Waals surface area contributed by atoms with Crippen LogP contribution in [0, 0.1) is 0 Å². The monoisotopic (exact) mass is 196 g/mol. The van der Waals surface area contributed by atoms with Gasteiger partial charge in [0.2, 0.25) is 5.91 Å². The summed E-state index contributed by atoms with van der Waals surface area (Å²) in [5.74, 6) is 0.712. The Hall–Kier alpha value is -1.29. The lowest BCUT2D eigenvalue weighted by Gasteiger charge is -2.17. The third-order valence-electron chi connectivity index (χ3n) is 1.82. The molecule has 0 fully saturated rings. The first-order chi connectivity index (χ1) is 6.50. The highest BCUT2D eigenvalue weighted by atomic mass is 16.3. The molecule has 1 amide bonds. The van der Waals surface area contributed by atoms with Crippen LogP contribution < -0.4 is 11.1 Å². The fraction of sp³-hybridized carbons (Fsp3) is 0.500. The maximum absolute atomic E-state index is 11.3. The summed E-state index contributed by atoms with van der Waals surface area (Å²) in [5, 5.41) is 2.74. The normalized spacial score (nSPS) is 11.4. The lowest BCUT2D eigenvalue weighted by atomic mass is 10.1. The van der Waals surface area contributed by atoms with Gasteiger partial charge in [0.15, 0.2) is 0 Å². The molecule has 0 unspecified atom stereocenters. The SMILES string of the molecule is CC(C)(N)C(=O)NCCc1ccco1. The van der Waals surface area contributed by atoms with E-state index in [-0.39, 0.29) is 5.91 Å². The molecular weight excluding hydrogens is 180 g/mol. The third kappa shape index (κ3) is 3.22. The minimum absolute atomic E-state index is 0.149. The fourth-order valence-electron chi connectivity index (χ4n) is 0.982. The summed E-state index contributed by atoms with van der Waals surface area (Å²) in [6.07, 6.45) is 2.30. The van der Waals surface area contributed by atoms with Gasteiger partial charge < -0.3 is 15.5 Å². The van der Waals surface area contributed by atoms with Gasteiger partial charge in [-0.1, -0.05) is 0 Å². The molecule has 1 aromatic rings. The van der Waals surface area contributed by atoms with Gasteiger partial charge in [-0.05, 0) is 26.0 Å². The maximum atomic E-state index is 11.3. The molecule has 3 N–H and O–H groups in total. The molecule has 0 aliphatic rings. The maximum Gasteiger partial charge on any atom is 0.239 e. The topological polar surface area (TPSA) is 68.3 Å². The average Bonchev–Trinajstić information content (AvgIpc) is 2.55.